The van der Waals surface area contributed by atoms with Gasteiger partial charge in [-0.15, -0.1) is 0 Å². The number of alkyl halides is 6. The van der Waals surface area contributed by atoms with Crippen LogP contribution in [0, 0.1) is 11.6 Å². The molecule has 0 aliphatic rings. The number of pyridine rings is 3. The molecule has 268 valence electrons. The number of esters is 1. The normalized spacial score (nSPS) is 13.2. The molecule has 17 heteroatoms. The highest BCUT2D eigenvalue weighted by molar-refractivity contribution is 6.00. The number of amides is 1. The number of halogens is 8. The van der Waals surface area contributed by atoms with Crippen molar-refractivity contribution in [3.05, 3.63) is 99.7 Å². The zero-order valence-corrected chi connectivity index (χ0v) is 26.8. The number of anilines is 1. The Labute approximate surface area is 283 Å². The van der Waals surface area contributed by atoms with Gasteiger partial charge in [-0.1, -0.05) is 25.1 Å². The quantitative estimate of drug-likeness (QED) is 0.128. The summed E-state index contributed by atoms with van der Waals surface area (Å²) in [6, 6.07) is 3.79. The summed E-state index contributed by atoms with van der Waals surface area (Å²) < 4.78 is 119. The van der Waals surface area contributed by atoms with E-state index < -0.39 is 88.7 Å². The van der Waals surface area contributed by atoms with Crippen LogP contribution in [0.3, 0.4) is 0 Å². The van der Waals surface area contributed by atoms with Crippen LogP contribution in [0.5, 0.6) is 0 Å². The number of methoxy groups -OCH3 is 1. The van der Waals surface area contributed by atoms with Crippen LogP contribution in [-0.2, 0) is 29.2 Å². The molecule has 5 rings (SSSR count). The third-order valence-corrected chi connectivity index (χ3v) is 8.24. The summed E-state index contributed by atoms with van der Waals surface area (Å²) in [7, 11) is 2.27. The summed E-state index contributed by atoms with van der Waals surface area (Å²) in [4.78, 5) is 47.5. The molecule has 51 heavy (non-hydrogen) atoms. The molecule has 1 amide bonds. The molecule has 3 aromatic heterocycles. The number of nitrogens with zero attached hydrogens (tertiary/aromatic N) is 3. The van der Waals surface area contributed by atoms with Gasteiger partial charge in [0, 0.05) is 47.9 Å². The molecule has 0 bridgehead atoms. The number of ether oxygens (including phenoxy) is 1. The number of rotatable bonds is 9. The van der Waals surface area contributed by atoms with Crippen LogP contribution < -0.4 is 16.2 Å². The first-order valence-corrected chi connectivity index (χ1v) is 15.1. The van der Waals surface area contributed by atoms with E-state index in [-0.39, 0.29) is 32.9 Å². The summed E-state index contributed by atoms with van der Waals surface area (Å²) in [6.07, 6.45) is -7.04. The van der Waals surface area contributed by atoms with Gasteiger partial charge in [-0.3, -0.25) is 19.6 Å². The van der Waals surface area contributed by atoms with Crippen molar-refractivity contribution >= 4 is 39.4 Å². The number of fused-ring (bicyclic) bond motifs is 2. The SMILES string of the molecule is CC[C@@H](Nc1cc(F)c(C(=O)N[C@@H](Cc2ccc(-c3c(C(F)(F)F)c4ccncc4n(C)c3=O)c3ncccc23)C(=O)OC)c(F)c1)C(F)(F)F. The van der Waals surface area contributed by atoms with Crippen LogP contribution in [-0.4, -0.2) is 51.8 Å². The van der Waals surface area contributed by atoms with E-state index in [0.717, 1.165) is 30.1 Å². The van der Waals surface area contributed by atoms with Crippen LogP contribution in [0.25, 0.3) is 32.9 Å². The van der Waals surface area contributed by atoms with E-state index in [2.05, 4.69) is 15.3 Å². The van der Waals surface area contributed by atoms with Gasteiger partial charge < -0.3 is 19.9 Å². The smallest absolute Gasteiger partial charge is 0.417 e. The Bertz CT molecular complexity index is 2200. The lowest BCUT2D eigenvalue weighted by atomic mass is 9.92. The zero-order valence-electron chi connectivity index (χ0n) is 26.8. The minimum absolute atomic E-state index is 0.0608. The van der Waals surface area contributed by atoms with Gasteiger partial charge in [0.25, 0.3) is 11.5 Å². The maximum absolute atomic E-state index is 15.0. The number of benzene rings is 2. The summed E-state index contributed by atoms with van der Waals surface area (Å²) in [5, 5.41) is 4.02. The Morgan fingerprint density at radius 2 is 1.67 bits per heavy atom. The molecule has 0 fully saturated rings. The number of carbonyl (C=O) groups is 2. The fraction of sp³-hybridized carbons (Fsp3) is 0.265. The Kier molecular flexibility index (Phi) is 10.0. The highest BCUT2D eigenvalue weighted by Gasteiger charge is 2.40. The molecule has 0 saturated carbocycles. The average Bonchev–Trinajstić information content (AvgIpc) is 3.06. The number of aromatic nitrogens is 3. The lowest BCUT2D eigenvalue weighted by Crippen LogP contribution is -2.43. The number of hydrogen-bond acceptors (Lipinski definition) is 7. The Morgan fingerprint density at radius 1 is 0.980 bits per heavy atom. The van der Waals surface area contributed by atoms with Crippen molar-refractivity contribution in [3.8, 4) is 11.1 Å². The molecular formula is C34H27F8N5O4. The van der Waals surface area contributed by atoms with Crippen LogP contribution in [0.15, 0.2) is 65.8 Å². The first-order chi connectivity index (χ1) is 24.0. The second-order valence-electron chi connectivity index (χ2n) is 11.4. The molecule has 0 aliphatic heterocycles. The van der Waals surface area contributed by atoms with E-state index in [1.807, 2.05) is 5.32 Å². The maximum Gasteiger partial charge on any atom is 0.417 e. The fourth-order valence-corrected chi connectivity index (χ4v) is 5.82. The van der Waals surface area contributed by atoms with Gasteiger partial charge in [-0.2, -0.15) is 26.3 Å². The molecule has 3 heterocycles. The molecular weight excluding hydrogens is 694 g/mol. The van der Waals surface area contributed by atoms with Gasteiger partial charge in [0.05, 0.1) is 35.5 Å². The molecule has 9 nitrogen and oxygen atoms in total. The summed E-state index contributed by atoms with van der Waals surface area (Å²) in [5.74, 6) is -5.57. The molecule has 2 aromatic carbocycles. The fourth-order valence-electron chi connectivity index (χ4n) is 5.82. The molecule has 0 radical (unpaired) electrons. The number of carbonyl (C=O) groups excluding carboxylic acids is 2. The van der Waals surface area contributed by atoms with Crippen molar-refractivity contribution in [1.82, 2.24) is 19.9 Å². The highest BCUT2D eigenvalue weighted by Crippen LogP contribution is 2.41. The van der Waals surface area contributed by atoms with Crippen molar-refractivity contribution in [2.45, 2.75) is 44.2 Å². The lowest BCUT2D eigenvalue weighted by Gasteiger charge is -2.22. The molecule has 2 N–H and O–H groups in total. The standard InChI is InChI=1S/C34H27F8N5O4/c1-4-25(33(37,38)39)45-17-13-21(35)27(22(36)14-17)30(48)46-23(32(50)51-3)12-16-7-8-20(29-18(16)6-5-10-44-29)26-28(34(40,41)42)19-9-11-43-15-24(19)47(2)31(26)49/h5-11,13-15,23,25,45H,4,12H2,1-3H3,(H,46,48)/t23-,25+/m0/s1. The van der Waals surface area contributed by atoms with E-state index in [4.69, 9.17) is 4.74 Å². The Hall–Kier alpha value is -5.61. The van der Waals surface area contributed by atoms with Crippen LogP contribution >= 0.6 is 0 Å². The van der Waals surface area contributed by atoms with Gasteiger partial charge in [-0.25, -0.2) is 13.6 Å². The maximum atomic E-state index is 15.0. The Balaban J connectivity index is 1.55. The van der Waals surface area contributed by atoms with Gasteiger partial charge >= 0.3 is 18.3 Å². The predicted octanol–water partition coefficient (Wildman–Crippen LogP) is 6.71. The van der Waals surface area contributed by atoms with Crippen LogP contribution in [0.4, 0.5) is 40.8 Å². The van der Waals surface area contributed by atoms with Crippen molar-refractivity contribution in [2.75, 3.05) is 12.4 Å². The third kappa shape index (κ3) is 7.18. The van der Waals surface area contributed by atoms with Crippen molar-refractivity contribution in [3.63, 3.8) is 0 Å². The first kappa shape index (κ1) is 36.7. The first-order valence-electron chi connectivity index (χ1n) is 15.1. The molecule has 0 aliphatic carbocycles. The second-order valence-corrected chi connectivity index (χ2v) is 11.4. The van der Waals surface area contributed by atoms with Crippen LogP contribution in [0.2, 0.25) is 0 Å². The van der Waals surface area contributed by atoms with Crippen molar-refractivity contribution in [2.24, 2.45) is 7.05 Å². The van der Waals surface area contributed by atoms with Gasteiger partial charge in [0.1, 0.15) is 29.3 Å². The van der Waals surface area contributed by atoms with E-state index in [9.17, 15) is 40.7 Å². The monoisotopic (exact) mass is 721 g/mol. The van der Waals surface area contributed by atoms with E-state index >= 15 is 8.78 Å². The minimum Gasteiger partial charge on any atom is -0.467 e. The summed E-state index contributed by atoms with van der Waals surface area (Å²) in [6.45, 7) is 1.21. The lowest BCUT2D eigenvalue weighted by molar-refractivity contribution is -0.143. The van der Waals surface area contributed by atoms with E-state index in [1.54, 1.807) is 0 Å². The van der Waals surface area contributed by atoms with Gasteiger partial charge in [-0.05, 0) is 36.2 Å². The molecule has 0 saturated heterocycles. The second kappa shape index (κ2) is 14.0. The van der Waals surface area contributed by atoms with Crippen molar-refractivity contribution < 1.29 is 49.4 Å². The molecule has 5 aromatic rings. The molecule has 0 unspecified atom stereocenters. The third-order valence-electron chi connectivity index (χ3n) is 8.24. The Morgan fingerprint density at radius 3 is 2.27 bits per heavy atom. The summed E-state index contributed by atoms with van der Waals surface area (Å²) in [5.41, 5.74) is -4.77. The average molecular weight is 722 g/mol. The topological polar surface area (TPSA) is 115 Å². The largest absolute Gasteiger partial charge is 0.467 e. The predicted molar refractivity (Wildman–Crippen MR) is 170 cm³/mol. The number of aryl methyl sites for hydroxylation is 1. The summed E-state index contributed by atoms with van der Waals surface area (Å²) >= 11 is 0. The number of nitrogens with one attached hydrogen (secondary N) is 2. The zero-order chi connectivity index (χ0) is 37.4. The van der Waals surface area contributed by atoms with E-state index in [0.29, 0.717) is 12.1 Å². The van der Waals surface area contributed by atoms with Gasteiger partial charge in [0.2, 0.25) is 0 Å². The van der Waals surface area contributed by atoms with E-state index in [1.165, 1.54) is 44.4 Å². The van der Waals surface area contributed by atoms with Crippen molar-refractivity contribution in [1.29, 1.82) is 0 Å². The molecule has 0 spiro atoms. The molecule has 2 atom stereocenters. The number of hydrogen-bond donors (Lipinski definition) is 2. The minimum atomic E-state index is -4.99. The van der Waals surface area contributed by atoms with Gasteiger partial charge in [0.15, 0.2) is 0 Å². The highest BCUT2D eigenvalue weighted by atomic mass is 19.4. The van der Waals surface area contributed by atoms with Crippen LogP contribution in [0.1, 0.15) is 34.8 Å².